The van der Waals surface area contributed by atoms with Crippen LogP contribution in [-0.4, -0.2) is 43.1 Å². The summed E-state index contributed by atoms with van der Waals surface area (Å²) in [6, 6.07) is 0.267. The van der Waals surface area contributed by atoms with Crippen LogP contribution in [0.5, 0.6) is 0 Å². The minimum Gasteiger partial charge on any atom is -0.461 e. The molecule has 92 valence electrons. The zero-order chi connectivity index (χ0) is 12.3. The van der Waals surface area contributed by atoms with Crippen molar-refractivity contribution in [2.24, 2.45) is 0 Å². The summed E-state index contributed by atoms with van der Waals surface area (Å²) in [6.07, 6.45) is 1.24. The molecule has 17 heavy (non-hydrogen) atoms. The van der Waals surface area contributed by atoms with E-state index in [0.717, 1.165) is 0 Å². The van der Waals surface area contributed by atoms with Crippen molar-refractivity contribution in [1.29, 1.82) is 0 Å². The standard InChI is InChI=1S/C10H13N3O4/c1-2-16-9(15)7-6-17-10(12-7)13-4-3-11-8(14)5-13/h6H,2-5H2,1H3,(H,11,14). The van der Waals surface area contributed by atoms with Crippen molar-refractivity contribution in [3.8, 4) is 0 Å². The van der Waals surface area contributed by atoms with Gasteiger partial charge in [-0.3, -0.25) is 4.79 Å². The van der Waals surface area contributed by atoms with Crippen molar-refractivity contribution in [2.75, 3.05) is 31.1 Å². The fourth-order valence-corrected chi connectivity index (χ4v) is 1.51. The van der Waals surface area contributed by atoms with E-state index in [0.29, 0.717) is 13.1 Å². The minimum absolute atomic E-state index is 0.0906. The highest BCUT2D eigenvalue weighted by atomic mass is 16.5. The van der Waals surface area contributed by atoms with Crippen molar-refractivity contribution in [2.45, 2.75) is 6.92 Å². The summed E-state index contributed by atoms with van der Waals surface area (Å²) in [5, 5.41) is 2.69. The summed E-state index contributed by atoms with van der Waals surface area (Å²) >= 11 is 0. The highest BCUT2D eigenvalue weighted by molar-refractivity contribution is 5.87. The predicted molar refractivity (Wildman–Crippen MR) is 57.7 cm³/mol. The molecule has 0 radical (unpaired) electrons. The van der Waals surface area contributed by atoms with Crippen molar-refractivity contribution in [3.05, 3.63) is 12.0 Å². The second-order valence-corrected chi connectivity index (χ2v) is 3.51. The SMILES string of the molecule is CCOC(=O)c1coc(N2CCNC(=O)C2)n1. The third kappa shape index (κ3) is 2.55. The summed E-state index contributed by atoms with van der Waals surface area (Å²) < 4.78 is 9.94. The first kappa shape index (κ1) is 11.4. The smallest absolute Gasteiger partial charge is 0.360 e. The van der Waals surface area contributed by atoms with Crippen LogP contribution in [0.4, 0.5) is 6.01 Å². The molecule has 1 amide bonds. The number of carbonyl (C=O) groups is 2. The molecule has 0 bridgehead atoms. The Morgan fingerprint density at radius 2 is 2.53 bits per heavy atom. The molecule has 1 aliphatic heterocycles. The molecule has 2 rings (SSSR count). The zero-order valence-corrected chi connectivity index (χ0v) is 9.43. The number of carbonyl (C=O) groups excluding carboxylic acids is 2. The van der Waals surface area contributed by atoms with Gasteiger partial charge in [-0.15, -0.1) is 0 Å². The summed E-state index contributed by atoms with van der Waals surface area (Å²) in [5.74, 6) is -0.615. The molecular formula is C10H13N3O4. The number of hydrogen-bond acceptors (Lipinski definition) is 6. The molecule has 2 heterocycles. The van der Waals surface area contributed by atoms with Gasteiger partial charge in [0.1, 0.15) is 12.8 Å². The maximum absolute atomic E-state index is 11.4. The molecule has 1 fully saturated rings. The van der Waals surface area contributed by atoms with Gasteiger partial charge >= 0.3 is 5.97 Å². The molecule has 0 saturated carbocycles. The maximum Gasteiger partial charge on any atom is 0.360 e. The Kier molecular flexibility index (Phi) is 3.27. The molecule has 1 saturated heterocycles. The number of esters is 1. The number of nitrogens with one attached hydrogen (secondary N) is 1. The molecule has 0 aliphatic carbocycles. The van der Waals surface area contributed by atoms with E-state index in [1.807, 2.05) is 0 Å². The van der Waals surface area contributed by atoms with E-state index in [4.69, 9.17) is 9.15 Å². The van der Waals surface area contributed by atoms with Crippen LogP contribution in [0, 0.1) is 0 Å². The average molecular weight is 239 g/mol. The van der Waals surface area contributed by atoms with Crippen LogP contribution >= 0.6 is 0 Å². The van der Waals surface area contributed by atoms with Crippen molar-refractivity contribution >= 4 is 17.9 Å². The summed E-state index contributed by atoms with van der Waals surface area (Å²) in [5.41, 5.74) is 0.118. The first-order valence-corrected chi connectivity index (χ1v) is 5.35. The Morgan fingerprint density at radius 3 is 3.24 bits per heavy atom. The molecule has 1 aromatic rings. The lowest BCUT2D eigenvalue weighted by Crippen LogP contribution is -2.47. The minimum atomic E-state index is -0.524. The average Bonchev–Trinajstić information content (AvgIpc) is 2.78. The van der Waals surface area contributed by atoms with E-state index in [1.54, 1.807) is 11.8 Å². The predicted octanol–water partition coefficient (Wildman–Crippen LogP) is -0.213. The number of piperazine rings is 1. The Balaban J connectivity index is 2.07. The van der Waals surface area contributed by atoms with Gasteiger partial charge in [0.05, 0.1) is 6.61 Å². The first-order valence-electron chi connectivity index (χ1n) is 5.35. The van der Waals surface area contributed by atoms with Crippen molar-refractivity contribution in [3.63, 3.8) is 0 Å². The van der Waals surface area contributed by atoms with Gasteiger partial charge in [0.25, 0.3) is 6.01 Å². The van der Waals surface area contributed by atoms with Gasteiger partial charge in [0.2, 0.25) is 5.91 Å². The zero-order valence-electron chi connectivity index (χ0n) is 9.43. The summed E-state index contributed by atoms with van der Waals surface area (Å²) in [7, 11) is 0. The molecule has 7 heteroatoms. The molecule has 1 N–H and O–H groups in total. The van der Waals surface area contributed by atoms with Crippen LogP contribution < -0.4 is 10.2 Å². The highest BCUT2D eigenvalue weighted by Gasteiger charge is 2.22. The number of oxazole rings is 1. The Morgan fingerprint density at radius 1 is 1.71 bits per heavy atom. The largest absolute Gasteiger partial charge is 0.461 e. The van der Waals surface area contributed by atoms with Gasteiger partial charge in [0.15, 0.2) is 5.69 Å². The van der Waals surface area contributed by atoms with Gasteiger partial charge in [0, 0.05) is 13.1 Å². The number of rotatable bonds is 3. The van der Waals surface area contributed by atoms with E-state index >= 15 is 0 Å². The molecule has 0 aromatic carbocycles. The van der Waals surface area contributed by atoms with E-state index in [-0.39, 0.29) is 30.8 Å². The second kappa shape index (κ2) is 4.86. The molecular weight excluding hydrogens is 226 g/mol. The Bertz CT molecular complexity index is 429. The van der Waals surface area contributed by atoms with E-state index < -0.39 is 5.97 Å². The fraction of sp³-hybridized carbons (Fsp3) is 0.500. The second-order valence-electron chi connectivity index (χ2n) is 3.51. The number of nitrogens with zero attached hydrogens (tertiary/aromatic N) is 2. The lowest BCUT2D eigenvalue weighted by molar-refractivity contribution is -0.120. The molecule has 0 unspecified atom stereocenters. The molecule has 7 nitrogen and oxygen atoms in total. The quantitative estimate of drug-likeness (QED) is 0.734. The lowest BCUT2D eigenvalue weighted by atomic mass is 10.4. The monoisotopic (exact) mass is 239 g/mol. The summed E-state index contributed by atoms with van der Waals surface area (Å²) in [6.45, 7) is 3.33. The summed E-state index contributed by atoms with van der Waals surface area (Å²) in [4.78, 5) is 28.2. The first-order chi connectivity index (χ1) is 8.20. The van der Waals surface area contributed by atoms with Crippen LogP contribution in [0.2, 0.25) is 0 Å². The highest BCUT2D eigenvalue weighted by Crippen LogP contribution is 2.14. The topological polar surface area (TPSA) is 84.7 Å². The third-order valence-electron chi connectivity index (χ3n) is 2.29. The van der Waals surface area contributed by atoms with Gasteiger partial charge in [-0.05, 0) is 6.92 Å². The fourth-order valence-electron chi connectivity index (χ4n) is 1.51. The lowest BCUT2D eigenvalue weighted by Gasteiger charge is -2.24. The van der Waals surface area contributed by atoms with Crippen LogP contribution in [-0.2, 0) is 9.53 Å². The van der Waals surface area contributed by atoms with Gasteiger partial charge in [-0.25, -0.2) is 4.79 Å². The Hall–Kier alpha value is -2.05. The molecule has 1 aliphatic rings. The molecule has 0 spiro atoms. The van der Waals surface area contributed by atoms with Gasteiger partial charge < -0.3 is 19.4 Å². The van der Waals surface area contributed by atoms with Gasteiger partial charge in [-0.2, -0.15) is 4.98 Å². The molecule has 1 aromatic heterocycles. The third-order valence-corrected chi connectivity index (χ3v) is 2.29. The number of amides is 1. The normalized spacial score (nSPS) is 15.6. The van der Waals surface area contributed by atoms with E-state index in [1.165, 1.54) is 6.26 Å². The van der Waals surface area contributed by atoms with Crippen LogP contribution in [0.15, 0.2) is 10.7 Å². The number of hydrogen-bond donors (Lipinski definition) is 1. The van der Waals surface area contributed by atoms with E-state index in [2.05, 4.69) is 10.3 Å². The maximum atomic E-state index is 11.4. The number of ether oxygens (including phenoxy) is 1. The van der Waals surface area contributed by atoms with Crippen LogP contribution in [0.1, 0.15) is 17.4 Å². The van der Waals surface area contributed by atoms with Crippen LogP contribution in [0.25, 0.3) is 0 Å². The van der Waals surface area contributed by atoms with Gasteiger partial charge in [-0.1, -0.05) is 0 Å². The number of aromatic nitrogens is 1. The van der Waals surface area contributed by atoms with Crippen molar-refractivity contribution in [1.82, 2.24) is 10.3 Å². The van der Waals surface area contributed by atoms with E-state index in [9.17, 15) is 9.59 Å². The molecule has 0 atom stereocenters. The Labute approximate surface area is 97.7 Å². The number of anilines is 1. The van der Waals surface area contributed by atoms with Crippen LogP contribution in [0.3, 0.4) is 0 Å². The van der Waals surface area contributed by atoms with Crippen molar-refractivity contribution < 1.29 is 18.7 Å².